The van der Waals surface area contributed by atoms with Crippen LogP contribution in [0.1, 0.15) is 37.7 Å². The van der Waals surface area contributed by atoms with Gasteiger partial charge in [-0.3, -0.25) is 9.69 Å². The number of carbonyl (C=O) groups is 1. The molecule has 0 saturated carbocycles. The van der Waals surface area contributed by atoms with Gasteiger partial charge in [-0.15, -0.1) is 0 Å². The predicted molar refractivity (Wildman–Crippen MR) is 68.3 cm³/mol. The van der Waals surface area contributed by atoms with E-state index in [1.54, 1.807) is 0 Å². The minimum atomic E-state index is -0.640. The standard InChI is InChI=1S/C14H21NO3/c1-3-14(13(16)17)6-8-15(9-7-14)10-12-5-4-11(2)18-12/h4-5H,3,6-10H2,1-2H3,(H,16,17). The van der Waals surface area contributed by atoms with Crippen molar-refractivity contribution in [3.63, 3.8) is 0 Å². The lowest BCUT2D eigenvalue weighted by Crippen LogP contribution is -2.43. The highest BCUT2D eigenvalue weighted by atomic mass is 16.4. The Kier molecular flexibility index (Phi) is 3.76. The number of hydrogen-bond donors (Lipinski definition) is 1. The molecule has 0 amide bonds. The summed E-state index contributed by atoms with van der Waals surface area (Å²) in [6.45, 7) is 6.36. The van der Waals surface area contributed by atoms with Crippen LogP contribution in [0.25, 0.3) is 0 Å². The first kappa shape index (κ1) is 13.1. The molecule has 1 aliphatic heterocycles. The van der Waals surface area contributed by atoms with E-state index >= 15 is 0 Å². The Bertz CT molecular complexity index is 416. The number of aliphatic carboxylic acids is 1. The van der Waals surface area contributed by atoms with Gasteiger partial charge in [-0.05, 0) is 51.4 Å². The van der Waals surface area contributed by atoms with Crippen molar-refractivity contribution in [2.75, 3.05) is 13.1 Å². The summed E-state index contributed by atoms with van der Waals surface area (Å²) in [5.41, 5.74) is -0.504. The van der Waals surface area contributed by atoms with Gasteiger partial charge in [0.15, 0.2) is 0 Å². The topological polar surface area (TPSA) is 53.7 Å². The molecular weight excluding hydrogens is 230 g/mol. The average molecular weight is 251 g/mol. The number of piperidine rings is 1. The van der Waals surface area contributed by atoms with Crippen LogP contribution in [-0.4, -0.2) is 29.1 Å². The van der Waals surface area contributed by atoms with Gasteiger partial charge in [-0.25, -0.2) is 0 Å². The van der Waals surface area contributed by atoms with Gasteiger partial charge in [0.1, 0.15) is 11.5 Å². The molecule has 0 aliphatic carbocycles. The third-order valence-corrected chi connectivity index (χ3v) is 4.12. The zero-order chi connectivity index (χ0) is 13.2. The molecule has 100 valence electrons. The summed E-state index contributed by atoms with van der Waals surface area (Å²) in [4.78, 5) is 13.6. The van der Waals surface area contributed by atoms with Crippen molar-refractivity contribution in [1.29, 1.82) is 0 Å². The van der Waals surface area contributed by atoms with Crippen molar-refractivity contribution >= 4 is 5.97 Å². The summed E-state index contributed by atoms with van der Waals surface area (Å²) in [5, 5.41) is 9.33. The first-order chi connectivity index (χ1) is 8.55. The number of carboxylic acid groups (broad SMARTS) is 1. The SMILES string of the molecule is CCC1(C(=O)O)CCN(Cc2ccc(C)o2)CC1. The van der Waals surface area contributed by atoms with E-state index in [9.17, 15) is 9.90 Å². The maximum atomic E-state index is 11.3. The predicted octanol–water partition coefficient (Wildman–Crippen LogP) is 2.66. The number of nitrogens with zero attached hydrogens (tertiary/aromatic N) is 1. The van der Waals surface area contributed by atoms with Crippen LogP contribution in [0.15, 0.2) is 16.5 Å². The molecule has 1 aromatic heterocycles. The smallest absolute Gasteiger partial charge is 0.309 e. The average Bonchev–Trinajstić information content (AvgIpc) is 2.76. The first-order valence-electron chi connectivity index (χ1n) is 6.57. The van der Waals surface area contributed by atoms with Gasteiger partial charge in [0.2, 0.25) is 0 Å². The molecule has 2 rings (SSSR count). The molecule has 4 heteroatoms. The zero-order valence-electron chi connectivity index (χ0n) is 11.1. The molecule has 0 aromatic carbocycles. The lowest BCUT2D eigenvalue weighted by Gasteiger charge is -2.37. The van der Waals surface area contributed by atoms with E-state index in [-0.39, 0.29) is 0 Å². The van der Waals surface area contributed by atoms with Crippen molar-refractivity contribution in [2.24, 2.45) is 5.41 Å². The third kappa shape index (κ3) is 2.58. The van der Waals surface area contributed by atoms with Crippen LogP contribution in [0.3, 0.4) is 0 Å². The monoisotopic (exact) mass is 251 g/mol. The van der Waals surface area contributed by atoms with E-state index < -0.39 is 11.4 Å². The largest absolute Gasteiger partial charge is 0.481 e. The van der Waals surface area contributed by atoms with Crippen molar-refractivity contribution in [1.82, 2.24) is 4.90 Å². The number of aryl methyl sites for hydroxylation is 1. The summed E-state index contributed by atoms with van der Waals surface area (Å²) in [7, 11) is 0. The Labute approximate surface area is 108 Å². The number of likely N-dealkylation sites (tertiary alicyclic amines) is 1. The third-order valence-electron chi connectivity index (χ3n) is 4.12. The highest BCUT2D eigenvalue weighted by Gasteiger charge is 2.39. The molecule has 0 bridgehead atoms. The molecule has 0 atom stereocenters. The quantitative estimate of drug-likeness (QED) is 0.893. The molecule has 1 aliphatic rings. The molecular formula is C14H21NO3. The van der Waals surface area contributed by atoms with Crippen molar-refractivity contribution < 1.29 is 14.3 Å². The number of carboxylic acids is 1. The van der Waals surface area contributed by atoms with E-state index in [1.807, 2.05) is 26.0 Å². The fourth-order valence-electron chi connectivity index (χ4n) is 2.65. The van der Waals surface area contributed by atoms with Crippen LogP contribution in [0.5, 0.6) is 0 Å². The molecule has 0 unspecified atom stereocenters. The number of furan rings is 1. The molecule has 4 nitrogen and oxygen atoms in total. The molecule has 18 heavy (non-hydrogen) atoms. The molecule has 1 N–H and O–H groups in total. The Morgan fingerprint density at radius 1 is 1.44 bits per heavy atom. The Hall–Kier alpha value is -1.29. The Morgan fingerprint density at radius 2 is 2.11 bits per heavy atom. The van der Waals surface area contributed by atoms with Gasteiger partial charge in [0.05, 0.1) is 12.0 Å². The maximum absolute atomic E-state index is 11.3. The van der Waals surface area contributed by atoms with Gasteiger partial charge in [-0.2, -0.15) is 0 Å². The Balaban J connectivity index is 1.92. The van der Waals surface area contributed by atoms with Crippen molar-refractivity contribution in [3.8, 4) is 0 Å². The van der Waals surface area contributed by atoms with Crippen molar-refractivity contribution in [2.45, 2.75) is 39.7 Å². The van der Waals surface area contributed by atoms with Crippen LogP contribution in [-0.2, 0) is 11.3 Å². The second-order valence-corrected chi connectivity index (χ2v) is 5.23. The number of hydrogen-bond acceptors (Lipinski definition) is 3. The van der Waals surface area contributed by atoms with Crippen molar-refractivity contribution in [3.05, 3.63) is 23.7 Å². The van der Waals surface area contributed by atoms with E-state index in [0.29, 0.717) is 0 Å². The lowest BCUT2D eigenvalue weighted by atomic mass is 9.76. The summed E-state index contributed by atoms with van der Waals surface area (Å²) >= 11 is 0. The summed E-state index contributed by atoms with van der Waals surface area (Å²) in [5.74, 6) is 1.25. The lowest BCUT2D eigenvalue weighted by molar-refractivity contribution is -0.152. The van der Waals surface area contributed by atoms with Gasteiger partial charge in [-0.1, -0.05) is 6.92 Å². The van der Waals surface area contributed by atoms with E-state index in [1.165, 1.54) is 0 Å². The molecule has 0 radical (unpaired) electrons. The fourth-order valence-corrected chi connectivity index (χ4v) is 2.65. The van der Waals surface area contributed by atoms with Gasteiger partial charge in [0, 0.05) is 0 Å². The molecule has 1 aromatic rings. The molecule has 1 fully saturated rings. The van der Waals surface area contributed by atoms with Crippen LogP contribution >= 0.6 is 0 Å². The van der Waals surface area contributed by atoms with Crippen LogP contribution < -0.4 is 0 Å². The zero-order valence-corrected chi connectivity index (χ0v) is 11.1. The normalized spacial score (nSPS) is 19.9. The summed E-state index contributed by atoms with van der Waals surface area (Å²) < 4.78 is 5.55. The van der Waals surface area contributed by atoms with Gasteiger partial charge in [0.25, 0.3) is 0 Å². The van der Waals surface area contributed by atoms with Crippen LogP contribution in [0.2, 0.25) is 0 Å². The van der Waals surface area contributed by atoms with E-state index in [4.69, 9.17) is 4.42 Å². The first-order valence-corrected chi connectivity index (χ1v) is 6.57. The highest BCUT2D eigenvalue weighted by Crippen LogP contribution is 2.35. The number of rotatable bonds is 4. The van der Waals surface area contributed by atoms with E-state index in [0.717, 1.165) is 50.4 Å². The summed E-state index contributed by atoms with van der Waals surface area (Å²) in [6, 6.07) is 3.96. The van der Waals surface area contributed by atoms with E-state index in [2.05, 4.69) is 4.90 Å². The van der Waals surface area contributed by atoms with Crippen LogP contribution in [0, 0.1) is 12.3 Å². The maximum Gasteiger partial charge on any atom is 0.309 e. The van der Waals surface area contributed by atoms with Gasteiger partial charge >= 0.3 is 5.97 Å². The van der Waals surface area contributed by atoms with Crippen LogP contribution in [0.4, 0.5) is 0 Å². The second kappa shape index (κ2) is 5.14. The minimum absolute atomic E-state index is 0.504. The fraction of sp³-hybridized carbons (Fsp3) is 0.643. The van der Waals surface area contributed by atoms with Gasteiger partial charge < -0.3 is 9.52 Å². The summed E-state index contributed by atoms with van der Waals surface area (Å²) in [6.07, 6.45) is 2.19. The Morgan fingerprint density at radius 3 is 2.56 bits per heavy atom. The molecule has 1 saturated heterocycles. The minimum Gasteiger partial charge on any atom is -0.481 e. The highest BCUT2D eigenvalue weighted by molar-refractivity contribution is 5.74. The molecule has 0 spiro atoms. The second-order valence-electron chi connectivity index (χ2n) is 5.23. The molecule has 2 heterocycles.